The summed E-state index contributed by atoms with van der Waals surface area (Å²) in [5, 5.41) is 3.32. The molecule has 1 aromatic carbocycles. The molecule has 0 aliphatic carbocycles. The first-order valence-corrected chi connectivity index (χ1v) is 10.0. The summed E-state index contributed by atoms with van der Waals surface area (Å²) in [5.41, 5.74) is 7.21. The van der Waals surface area contributed by atoms with Crippen molar-refractivity contribution in [1.82, 2.24) is 0 Å². The Balaban J connectivity index is 2.36. The summed E-state index contributed by atoms with van der Waals surface area (Å²) in [5.74, 6) is -0.0319. The van der Waals surface area contributed by atoms with Crippen LogP contribution in [0.3, 0.4) is 0 Å². The van der Waals surface area contributed by atoms with Crippen molar-refractivity contribution >= 4 is 44.1 Å². The number of primary amides is 1. The first kappa shape index (κ1) is 20.5. The number of aryl methyl sites for hydroxylation is 1. The third kappa shape index (κ3) is 4.65. The van der Waals surface area contributed by atoms with Gasteiger partial charge >= 0.3 is 0 Å². The van der Waals surface area contributed by atoms with Crippen LogP contribution in [0.2, 0.25) is 0 Å². The molecule has 140 valence electrons. The van der Waals surface area contributed by atoms with E-state index in [2.05, 4.69) is 21.2 Å². The fourth-order valence-corrected chi connectivity index (χ4v) is 4.09. The molecular formula is C19H23BrN2O3S. The number of carbonyl (C=O) groups is 2. The van der Waals surface area contributed by atoms with Crippen LogP contribution >= 0.6 is 27.3 Å². The number of halogens is 1. The van der Waals surface area contributed by atoms with Gasteiger partial charge in [-0.25, -0.2) is 0 Å². The van der Waals surface area contributed by atoms with E-state index >= 15 is 0 Å². The molecule has 0 atom stereocenters. The van der Waals surface area contributed by atoms with Crippen molar-refractivity contribution in [2.45, 2.75) is 34.1 Å². The highest BCUT2D eigenvalue weighted by Crippen LogP contribution is 2.34. The highest BCUT2D eigenvalue weighted by Gasteiger charge is 2.22. The fourth-order valence-electron chi connectivity index (χ4n) is 2.59. The monoisotopic (exact) mass is 438 g/mol. The number of thiophene rings is 1. The van der Waals surface area contributed by atoms with Crippen molar-refractivity contribution in [3.63, 3.8) is 0 Å². The van der Waals surface area contributed by atoms with Crippen LogP contribution in [0.5, 0.6) is 5.75 Å². The topological polar surface area (TPSA) is 81.4 Å². The van der Waals surface area contributed by atoms with Gasteiger partial charge in [0.15, 0.2) is 0 Å². The lowest BCUT2D eigenvalue weighted by atomic mass is 10.1. The average Bonchev–Trinajstić information content (AvgIpc) is 2.88. The molecule has 2 amide bonds. The first-order chi connectivity index (χ1) is 12.2. The molecule has 0 aliphatic heterocycles. The third-order valence-electron chi connectivity index (χ3n) is 3.79. The van der Waals surface area contributed by atoms with Crippen LogP contribution in [0.4, 0.5) is 5.00 Å². The number of hydrogen-bond donors (Lipinski definition) is 2. The van der Waals surface area contributed by atoms with Crippen LogP contribution in [-0.2, 0) is 6.42 Å². The minimum Gasteiger partial charge on any atom is -0.492 e. The van der Waals surface area contributed by atoms with Gasteiger partial charge in [0.1, 0.15) is 10.8 Å². The second-order valence-electron chi connectivity index (χ2n) is 6.36. The van der Waals surface area contributed by atoms with Crippen LogP contribution in [-0.4, -0.2) is 18.4 Å². The Bertz CT molecular complexity index is 830. The van der Waals surface area contributed by atoms with E-state index in [9.17, 15) is 9.59 Å². The van der Waals surface area contributed by atoms with E-state index in [4.69, 9.17) is 10.5 Å². The summed E-state index contributed by atoms with van der Waals surface area (Å²) in [6.45, 7) is 8.46. The molecule has 2 aromatic rings. The average molecular weight is 439 g/mol. The number of carbonyl (C=O) groups excluding carboxylic acids is 2. The lowest BCUT2D eigenvalue weighted by Crippen LogP contribution is -2.19. The Kier molecular flexibility index (Phi) is 6.83. The molecule has 0 spiro atoms. The van der Waals surface area contributed by atoms with Gasteiger partial charge in [0.2, 0.25) is 0 Å². The Morgan fingerprint density at radius 3 is 2.62 bits per heavy atom. The largest absolute Gasteiger partial charge is 0.492 e. The number of ether oxygens (including phenoxy) is 1. The van der Waals surface area contributed by atoms with E-state index in [0.717, 1.165) is 14.9 Å². The van der Waals surface area contributed by atoms with Crippen molar-refractivity contribution in [2.75, 3.05) is 11.9 Å². The standard InChI is InChI=1S/C19H23BrN2O3S/c1-5-13-11(4)26-19(16(13)17(21)23)22-18(24)14-8-12(20)6-7-15(14)25-9-10(2)3/h6-8,10H,5,9H2,1-4H3,(H2,21,23)(H,22,24). The number of nitrogens with two attached hydrogens (primary N) is 1. The lowest BCUT2D eigenvalue weighted by Gasteiger charge is -2.13. The Hall–Kier alpha value is -1.86. The first-order valence-electron chi connectivity index (χ1n) is 8.40. The van der Waals surface area contributed by atoms with Gasteiger partial charge in [-0.05, 0) is 43.0 Å². The summed E-state index contributed by atoms with van der Waals surface area (Å²) in [6, 6.07) is 5.29. The van der Waals surface area contributed by atoms with Crippen LogP contribution in [0.1, 0.15) is 51.9 Å². The predicted molar refractivity (Wildman–Crippen MR) is 109 cm³/mol. The van der Waals surface area contributed by atoms with E-state index in [0.29, 0.717) is 40.8 Å². The maximum atomic E-state index is 12.9. The Morgan fingerprint density at radius 2 is 2.04 bits per heavy atom. The molecule has 5 nitrogen and oxygen atoms in total. The van der Waals surface area contributed by atoms with E-state index in [1.807, 2.05) is 33.8 Å². The molecule has 26 heavy (non-hydrogen) atoms. The molecule has 0 fully saturated rings. The van der Waals surface area contributed by atoms with Gasteiger partial charge in [-0.2, -0.15) is 0 Å². The normalized spacial score (nSPS) is 10.8. The lowest BCUT2D eigenvalue weighted by molar-refractivity contribution is 0.100. The predicted octanol–water partition coefficient (Wildman–Crippen LogP) is 4.77. The second kappa shape index (κ2) is 8.68. The van der Waals surface area contributed by atoms with Crippen molar-refractivity contribution < 1.29 is 14.3 Å². The van der Waals surface area contributed by atoms with Crippen molar-refractivity contribution in [1.29, 1.82) is 0 Å². The number of anilines is 1. The summed E-state index contributed by atoms with van der Waals surface area (Å²) < 4.78 is 6.54. The molecule has 1 heterocycles. The van der Waals surface area contributed by atoms with E-state index in [1.54, 1.807) is 12.1 Å². The number of hydrogen-bond acceptors (Lipinski definition) is 4. The Morgan fingerprint density at radius 1 is 1.35 bits per heavy atom. The molecule has 0 aliphatic rings. The summed E-state index contributed by atoms with van der Waals surface area (Å²) in [7, 11) is 0. The van der Waals surface area contributed by atoms with Crippen molar-refractivity contribution in [3.8, 4) is 5.75 Å². The number of nitrogens with one attached hydrogen (secondary N) is 1. The molecule has 0 radical (unpaired) electrons. The molecule has 3 N–H and O–H groups in total. The van der Waals surface area contributed by atoms with Gasteiger partial charge in [-0.1, -0.05) is 36.7 Å². The SMILES string of the molecule is CCc1c(C)sc(NC(=O)c2cc(Br)ccc2OCC(C)C)c1C(N)=O. The van der Waals surface area contributed by atoms with Gasteiger partial charge in [-0.3, -0.25) is 9.59 Å². The second-order valence-corrected chi connectivity index (χ2v) is 8.50. The number of amides is 2. The summed E-state index contributed by atoms with van der Waals surface area (Å²) in [6.07, 6.45) is 0.677. The number of benzene rings is 1. The molecular weight excluding hydrogens is 416 g/mol. The summed E-state index contributed by atoms with van der Waals surface area (Å²) >= 11 is 4.75. The third-order valence-corrected chi connectivity index (χ3v) is 5.35. The molecule has 0 unspecified atom stereocenters. The maximum Gasteiger partial charge on any atom is 0.260 e. The zero-order valence-corrected chi connectivity index (χ0v) is 17.7. The van der Waals surface area contributed by atoms with Gasteiger partial charge in [-0.15, -0.1) is 11.3 Å². The molecule has 0 bridgehead atoms. The number of rotatable bonds is 7. The molecule has 1 aromatic heterocycles. The smallest absolute Gasteiger partial charge is 0.260 e. The zero-order valence-electron chi connectivity index (χ0n) is 15.3. The van der Waals surface area contributed by atoms with Gasteiger partial charge < -0.3 is 15.8 Å². The van der Waals surface area contributed by atoms with Crippen molar-refractivity contribution in [2.24, 2.45) is 11.7 Å². The minimum absolute atomic E-state index is 0.336. The summed E-state index contributed by atoms with van der Waals surface area (Å²) in [4.78, 5) is 25.7. The molecule has 7 heteroatoms. The van der Waals surface area contributed by atoms with Gasteiger partial charge in [0, 0.05) is 9.35 Å². The van der Waals surface area contributed by atoms with E-state index in [1.165, 1.54) is 11.3 Å². The van der Waals surface area contributed by atoms with Crippen molar-refractivity contribution in [3.05, 3.63) is 44.2 Å². The van der Waals surface area contributed by atoms with Crippen LogP contribution < -0.4 is 15.8 Å². The van der Waals surface area contributed by atoms with Crippen LogP contribution in [0.15, 0.2) is 22.7 Å². The van der Waals surface area contributed by atoms with Crippen LogP contribution in [0, 0.1) is 12.8 Å². The highest BCUT2D eigenvalue weighted by atomic mass is 79.9. The quantitative estimate of drug-likeness (QED) is 0.652. The zero-order chi connectivity index (χ0) is 19.4. The van der Waals surface area contributed by atoms with E-state index < -0.39 is 5.91 Å². The molecule has 0 saturated heterocycles. The maximum absolute atomic E-state index is 12.9. The molecule has 2 rings (SSSR count). The van der Waals surface area contributed by atoms with Gasteiger partial charge in [0.05, 0.1) is 17.7 Å². The van der Waals surface area contributed by atoms with Crippen LogP contribution in [0.25, 0.3) is 0 Å². The Labute approximate surface area is 166 Å². The fraction of sp³-hybridized carbons (Fsp3) is 0.368. The van der Waals surface area contributed by atoms with E-state index in [-0.39, 0.29) is 5.91 Å². The van der Waals surface area contributed by atoms with Gasteiger partial charge in [0.25, 0.3) is 11.8 Å². The molecule has 0 saturated carbocycles. The minimum atomic E-state index is -0.535. The highest BCUT2D eigenvalue weighted by molar-refractivity contribution is 9.10.